The van der Waals surface area contributed by atoms with Crippen LogP contribution in [0.2, 0.25) is 0 Å². The molecule has 1 aromatic carbocycles. The van der Waals surface area contributed by atoms with Crippen LogP contribution in [-0.2, 0) is 11.3 Å². The molecule has 6 heteroatoms. The predicted octanol–water partition coefficient (Wildman–Crippen LogP) is 3.89. The zero-order valence-electron chi connectivity index (χ0n) is 13.3. The highest BCUT2D eigenvalue weighted by molar-refractivity contribution is 8.00. The van der Waals surface area contributed by atoms with Gasteiger partial charge in [-0.05, 0) is 43.0 Å². The van der Waals surface area contributed by atoms with Crippen LogP contribution in [0.15, 0.2) is 40.6 Å². The summed E-state index contributed by atoms with van der Waals surface area (Å²) in [7, 11) is 1.77. The van der Waals surface area contributed by atoms with Crippen LogP contribution in [0.1, 0.15) is 27.7 Å². The van der Waals surface area contributed by atoms with Crippen LogP contribution in [0.3, 0.4) is 0 Å². The van der Waals surface area contributed by atoms with E-state index < -0.39 is 11.2 Å². The molecule has 4 nitrogen and oxygen atoms in total. The van der Waals surface area contributed by atoms with E-state index in [-0.39, 0.29) is 5.91 Å². The van der Waals surface area contributed by atoms with Gasteiger partial charge >= 0.3 is 5.97 Å². The Kier molecular flexibility index (Phi) is 5.85. The Morgan fingerprint density at radius 2 is 2.00 bits per heavy atom. The lowest BCUT2D eigenvalue weighted by Gasteiger charge is -2.19. The third-order valence-electron chi connectivity index (χ3n) is 3.46. The molecule has 0 aliphatic heterocycles. The number of benzene rings is 1. The smallest absolute Gasteiger partial charge is 0.316 e. The number of hydrogen-bond donors (Lipinski definition) is 1. The summed E-state index contributed by atoms with van der Waals surface area (Å²) in [6.07, 6.45) is 0. The fourth-order valence-corrected chi connectivity index (χ4v) is 3.93. The summed E-state index contributed by atoms with van der Waals surface area (Å²) in [5.74, 6) is -0.988. The number of hydrogen-bond acceptors (Lipinski definition) is 4. The molecule has 0 saturated carbocycles. The van der Waals surface area contributed by atoms with E-state index >= 15 is 0 Å². The Hall–Kier alpha value is -1.79. The second-order valence-corrected chi connectivity index (χ2v) is 7.67. The average Bonchev–Trinajstić information content (AvgIpc) is 2.92. The monoisotopic (exact) mass is 349 g/mol. The Morgan fingerprint density at radius 1 is 1.30 bits per heavy atom. The third-order valence-corrected chi connectivity index (χ3v) is 5.64. The van der Waals surface area contributed by atoms with Crippen molar-refractivity contribution in [1.82, 2.24) is 4.90 Å². The molecule has 0 fully saturated rings. The van der Waals surface area contributed by atoms with Gasteiger partial charge in [0.05, 0.1) is 12.1 Å². The second kappa shape index (κ2) is 7.66. The molecule has 122 valence electrons. The van der Waals surface area contributed by atoms with Gasteiger partial charge in [0.1, 0.15) is 5.25 Å². The van der Waals surface area contributed by atoms with Gasteiger partial charge in [0.2, 0.25) is 0 Å². The molecule has 1 atom stereocenters. The molecule has 0 radical (unpaired) electrons. The zero-order chi connectivity index (χ0) is 17.0. The van der Waals surface area contributed by atoms with Gasteiger partial charge in [-0.2, -0.15) is 0 Å². The van der Waals surface area contributed by atoms with E-state index in [1.165, 1.54) is 17.3 Å². The molecule has 0 saturated heterocycles. The quantitative estimate of drug-likeness (QED) is 0.804. The normalized spacial score (nSPS) is 12.0. The number of thioether (sulfide) groups is 1. The van der Waals surface area contributed by atoms with Crippen LogP contribution in [0.5, 0.6) is 0 Å². The molecule has 0 aliphatic carbocycles. The van der Waals surface area contributed by atoms with Crippen molar-refractivity contribution in [2.24, 2.45) is 0 Å². The molecule has 0 bridgehead atoms. The summed E-state index contributed by atoms with van der Waals surface area (Å²) in [6, 6.07) is 9.19. The number of aryl methyl sites for hydroxylation is 1. The van der Waals surface area contributed by atoms with Crippen molar-refractivity contribution in [2.45, 2.75) is 30.5 Å². The predicted molar refractivity (Wildman–Crippen MR) is 94.3 cm³/mol. The van der Waals surface area contributed by atoms with Crippen LogP contribution in [-0.4, -0.2) is 34.2 Å². The van der Waals surface area contributed by atoms with Crippen molar-refractivity contribution < 1.29 is 14.7 Å². The van der Waals surface area contributed by atoms with Crippen molar-refractivity contribution in [3.05, 3.63) is 51.7 Å². The Morgan fingerprint density at radius 3 is 2.61 bits per heavy atom. The SMILES string of the molecule is Cc1ccsc1CN(C)C(=O)c1ccccc1SC(C)C(=O)O. The van der Waals surface area contributed by atoms with Crippen LogP contribution >= 0.6 is 23.1 Å². The largest absolute Gasteiger partial charge is 0.480 e. The van der Waals surface area contributed by atoms with Gasteiger partial charge in [-0.3, -0.25) is 9.59 Å². The topological polar surface area (TPSA) is 57.6 Å². The first-order chi connectivity index (χ1) is 10.9. The van der Waals surface area contributed by atoms with E-state index in [9.17, 15) is 9.59 Å². The Bertz CT molecular complexity index is 711. The molecule has 1 heterocycles. The van der Waals surface area contributed by atoms with Crippen molar-refractivity contribution in [2.75, 3.05) is 7.05 Å². The number of thiophene rings is 1. The summed E-state index contributed by atoms with van der Waals surface area (Å²) in [5, 5.41) is 10.5. The molecule has 0 aliphatic rings. The number of carboxylic acids is 1. The Balaban J connectivity index is 2.18. The van der Waals surface area contributed by atoms with E-state index in [2.05, 4.69) is 0 Å². The van der Waals surface area contributed by atoms with Crippen molar-refractivity contribution in [3.63, 3.8) is 0 Å². The lowest BCUT2D eigenvalue weighted by atomic mass is 10.2. The van der Waals surface area contributed by atoms with Crippen LogP contribution in [0.25, 0.3) is 0 Å². The number of nitrogens with zero attached hydrogens (tertiary/aromatic N) is 1. The number of rotatable bonds is 6. The lowest BCUT2D eigenvalue weighted by Crippen LogP contribution is -2.26. The van der Waals surface area contributed by atoms with Crippen LogP contribution < -0.4 is 0 Å². The maximum atomic E-state index is 12.7. The van der Waals surface area contributed by atoms with Crippen molar-refractivity contribution in [1.29, 1.82) is 0 Å². The summed E-state index contributed by atoms with van der Waals surface area (Å²) in [5.41, 5.74) is 1.72. The molecule has 1 N–H and O–H groups in total. The highest BCUT2D eigenvalue weighted by Crippen LogP contribution is 2.28. The highest BCUT2D eigenvalue weighted by Gasteiger charge is 2.20. The Labute approximate surface area is 144 Å². The molecule has 1 aromatic heterocycles. The maximum absolute atomic E-state index is 12.7. The molecule has 23 heavy (non-hydrogen) atoms. The van der Waals surface area contributed by atoms with Gasteiger partial charge in [0.25, 0.3) is 5.91 Å². The fraction of sp³-hybridized carbons (Fsp3) is 0.294. The average molecular weight is 349 g/mol. The van der Waals surface area contributed by atoms with Crippen molar-refractivity contribution in [3.8, 4) is 0 Å². The third kappa shape index (κ3) is 4.36. The van der Waals surface area contributed by atoms with Gasteiger partial charge in [-0.25, -0.2) is 0 Å². The maximum Gasteiger partial charge on any atom is 0.316 e. The summed E-state index contributed by atoms with van der Waals surface area (Å²) < 4.78 is 0. The second-order valence-electron chi connectivity index (χ2n) is 5.28. The minimum Gasteiger partial charge on any atom is -0.480 e. The minimum absolute atomic E-state index is 0.0986. The fourth-order valence-electron chi connectivity index (χ4n) is 2.05. The first kappa shape index (κ1) is 17.6. The first-order valence-corrected chi connectivity index (χ1v) is 8.93. The molecule has 0 spiro atoms. The van der Waals surface area contributed by atoms with E-state index in [0.29, 0.717) is 17.0 Å². The number of aliphatic carboxylic acids is 1. The van der Waals surface area contributed by atoms with E-state index in [0.717, 1.165) is 4.88 Å². The van der Waals surface area contributed by atoms with Crippen LogP contribution in [0, 0.1) is 6.92 Å². The summed E-state index contributed by atoms with van der Waals surface area (Å²) >= 11 is 2.82. The van der Waals surface area contributed by atoms with Gasteiger partial charge in [0, 0.05) is 16.8 Å². The zero-order valence-corrected chi connectivity index (χ0v) is 14.9. The van der Waals surface area contributed by atoms with Gasteiger partial charge < -0.3 is 10.0 Å². The van der Waals surface area contributed by atoms with Gasteiger partial charge in [0.15, 0.2) is 0 Å². The van der Waals surface area contributed by atoms with Gasteiger partial charge in [-0.15, -0.1) is 23.1 Å². The van der Waals surface area contributed by atoms with Crippen molar-refractivity contribution >= 4 is 35.0 Å². The minimum atomic E-state index is -0.889. The van der Waals surface area contributed by atoms with E-state index in [1.54, 1.807) is 48.4 Å². The molecule has 1 unspecified atom stereocenters. The standard InChI is InChI=1S/C17H19NO3S2/c1-11-8-9-22-15(11)10-18(3)16(19)13-6-4-5-7-14(13)23-12(2)17(20)21/h4-9,12H,10H2,1-3H3,(H,20,21). The van der Waals surface area contributed by atoms with E-state index in [4.69, 9.17) is 5.11 Å². The molecule has 2 rings (SSSR count). The number of amides is 1. The molecule has 1 amide bonds. The number of carbonyl (C=O) groups excluding carboxylic acids is 1. The summed E-state index contributed by atoms with van der Waals surface area (Å²) in [6.45, 7) is 4.20. The number of carbonyl (C=O) groups is 2. The molecular weight excluding hydrogens is 330 g/mol. The van der Waals surface area contributed by atoms with E-state index in [1.807, 2.05) is 24.4 Å². The van der Waals surface area contributed by atoms with Gasteiger partial charge in [-0.1, -0.05) is 12.1 Å². The van der Waals surface area contributed by atoms with Crippen LogP contribution in [0.4, 0.5) is 0 Å². The summed E-state index contributed by atoms with van der Waals surface area (Å²) in [4.78, 5) is 27.3. The first-order valence-electron chi connectivity index (χ1n) is 7.17. The molecule has 2 aromatic rings. The lowest BCUT2D eigenvalue weighted by molar-refractivity contribution is -0.136. The number of carboxylic acid groups (broad SMARTS) is 1. The molecular formula is C17H19NO3S2. The highest BCUT2D eigenvalue weighted by atomic mass is 32.2.